The predicted octanol–water partition coefficient (Wildman–Crippen LogP) is 2.30. The van der Waals surface area contributed by atoms with Crippen LogP contribution in [0.4, 0.5) is 10.1 Å². The topological polar surface area (TPSA) is 88.2 Å². The first-order valence-corrected chi connectivity index (χ1v) is 12.0. The van der Waals surface area contributed by atoms with Gasteiger partial charge in [0.15, 0.2) is 11.5 Å². The molecule has 0 bridgehead atoms. The average Bonchev–Trinajstić information content (AvgIpc) is 2.94. The molecule has 0 amide bonds. The smallest absolute Gasteiger partial charge is 0.161 e. The molecule has 0 spiro atoms. The Morgan fingerprint density at radius 2 is 1.69 bits per heavy atom. The Morgan fingerprint density at radius 1 is 1.00 bits per heavy atom. The van der Waals surface area contributed by atoms with E-state index in [1.54, 1.807) is 39.5 Å². The molecular formula is C26H37FN6O3. The Morgan fingerprint density at radius 3 is 2.33 bits per heavy atom. The molecule has 2 saturated heterocycles. The van der Waals surface area contributed by atoms with Crippen LogP contribution in [-0.4, -0.2) is 102 Å². The van der Waals surface area contributed by atoms with E-state index in [-0.39, 0.29) is 5.82 Å². The third-order valence-corrected chi connectivity index (χ3v) is 6.06. The number of nitrogens with zero attached hydrogens (tertiary/aromatic N) is 5. The lowest BCUT2D eigenvalue weighted by Gasteiger charge is -2.35. The Hall–Kier alpha value is -3.37. The van der Waals surface area contributed by atoms with Crippen molar-refractivity contribution in [2.24, 2.45) is 15.7 Å². The van der Waals surface area contributed by atoms with E-state index in [0.29, 0.717) is 23.0 Å². The summed E-state index contributed by atoms with van der Waals surface area (Å²) in [5.74, 6) is 1.67. The van der Waals surface area contributed by atoms with Crippen LogP contribution >= 0.6 is 0 Å². The highest BCUT2D eigenvalue weighted by Gasteiger charge is 2.17. The molecule has 9 nitrogen and oxygen atoms in total. The van der Waals surface area contributed by atoms with Gasteiger partial charge < -0.3 is 29.7 Å². The number of amidine groups is 1. The van der Waals surface area contributed by atoms with Gasteiger partial charge in [-0.1, -0.05) is 12.1 Å². The molecule has 0 saturated carbocycles. The van der Waals surface area contributed by atoms with Gasteiger partial charge in [-0.05, 0) is 30.3 Å². The molecule has 2 N–H and O–H groups in total. The van der Waals surface area contributed by atoms with Crippen molar-refractivity contribution in [1.82, 2.24) is 9.80 Å². The SMILES string of the molecule is CN=C(N)c1ccc(OC)c(OC)c1.Fc1ccccc1N1CCN(/C=N/CN2CCOCC2)CC1. The number of nitrogens with two attached hydrogens (primary N) is 1. The standard InChI is InChI=1S/C16H23FN4O.C10H14N2O2/c17-15-3-1-2-4-16(15)21-7-5-19(6-8-21)13-18-14-20-9-11-22-12-10-20;1-12-10(11)7-4-5-8(13-2)9(6-7)14-3/h1-4,13H,5-12,14H2;4-6H,1-3H3,(H2,11,12)/b18-13+;. The van der Waals surface area contributed by atoms with Gasteiger partial charge in [0.1, 0.15) is 11.7 Å². The number of benzene rings is 2. The van der Waals surface area contributed by atoms with Gasteiger partial charge in [-0.3, -0.25) is 14.9 Å². The summed E-state index contributed by atoms with van der Waals surface area (Å²) in [7, 11) is 4.82. The zero-order valence-electron chi connectivity index (χ0n) is 21.4. The van der Waals surface area contributed by atoms with Crippen molar-refractivity contribution in [3.8, 4) is 11.5 Å². The molecule has 0 aromatic heterocycles. The molecule has 36 heavy (non-hydrogen) atoms. The van der Waals surface area contributed by atoms with E-state index in [2.05, 4.69) is 24.7 Å². The molecule has 0 atom stereocenters. The highest BCUT2D eigenvalue weighted by Crippen LogP contribution is 2.27. The maximum Gasteiger partial charge on any atom is 0.161 e. The number of halogens is 1. The Kier molecular flexibility index (Phi) is 10.8. The zero-order valence-corrected chi connectivity index (χ0v) is 21.4. The van der Waals surface area contributed by atoms with Crippen molar-refractivity contribution in [2.75, 3.05) is 85.3 Å². The number of hydrogen-bond acceptors (Lipinski definition) is 7. The summed E-state index contributed by atoms with van der Waals surface area (Å²) in [6, 6.07) is 12.4. The van der Waals surface area contributed by atoms with Crippen LogP contribution in [0.25, 0.3) is 0 Å². The molecule has 2 aromatic rings. The first kappa shape index (κ1) is 27.2. The molecule has 2 aliphatic rings. The Bertz CT molecular complexity index is 1000. The van der Waals surface area contributed by atoms with E-state index in [0.717, 1.165) is 64.7 Å². The van der Waals surface area contributed by atoms with E-state index in [1.807, 2.05) is 24.5 Å². The van der Waals surface area contributed by atoms with Gasteiger partial charge in [0.2, 0.25) is 0 Å². The van der Waals surface area contributed by atoms with Gasteiger partial charge in [0, 0.05) is 51.9 Å². The first-order chi connectivity index (χ1) is 17.5. The predicted molar refractivity (Wildman–Crippen MR) is 142 cm³/mol. The van der Waals surface area contributed by atoms with E-state index in [9.17, 15) is 4.39 Å². The Labute approximate surface area is 213 Å². The number of anilines is 1. The number of methoxy groups -OCH3 is 2. The summed E-state index contributed by atoms with van der Waals surface area (Å²) >= 11 is 0. The number of aliphatic imine (C=N–C) groups is 2. The van der Waals surface area contributed by atoms with Crippen LogP contribution in [0.3, 0.4) is 0 Å². The lowest BCUT2D eigenvalue weighted by atomic mass is 10.2. The van der Waals surface area contributed by atoms with Gasteiger partial charge >= 0.3 is 0 Å². The average molecular weight is 501 g/mol. The van der Waals surface area contributed by atoms with Crippen molar-refractivity contribution < 1.29 is 18.6 Å². The summed E-state index contributed by atoms with van der Waals surface area (Å²) in [5, 5.41) is 0. The second kappa shape index (κ2) is 14.3. The molecule has 2 aromatic carbocycles. The van der Waals surface area contributed by atoms with Gasteiger partial charge in [-0.15, -0.1) is 0 Å². The van der Waals surface area contributed by atoms with Crippen molar-refractivity contribution in [2.45, 2.75) is 0 Å². The minimum Gasteiger partial charge on any atom is -0.493 e. The number of morpholine rings is 1. The van der Waals surface area contributed by atoms with Crippen LogP contribution < -0.4 is 20.1 Å². The largest absolute Gasteiger partial charge is 0.493 e. The fourth-order valence-electron chi connectivity index (χ4n) is 3.92. The molecular weight excluding hydrogens is 463 g/mol. The van der Waals surface area contributed by atoms with Gasteiger partial charge in [-0.25, -0.2) is 4.39 Å². The summed E-state index contributed by atoms with van der Waals surface area (Å²) in [6.07, 6.45) is 1.94. The summed E-state index contributed by atoms with van der Waals surface area (Å²) in [5.41, 5.74) is 7.19. The van der Waals surface area contributed by atoms with Crippen LogP contribution in [-0.2, 0) is 4.74 Å². The van der Waals surface area contributed by atoms with Gasteiger partial charge in [-0.2, -0.15) is 0 Å². The van der Waals surface area contributed by atoms with E-state index in [1.165, 1.54) is 6.07 Å². The van der Waals surface area contributed by atoms with E-state index in [4.69, 9.17) is 19.9 Å². The second-order valence-corrected chi connectivity index (χ2v) is 8.32. The number of piperazine rings is 1. The van der Waals surface area contributed by atoms with Crippen molar-refractivity contribution in [3.63, 3.8) is 0 Å². The van der Waals surface area contributed by atoms with Crippen LogP contribution in [0.2, 0.25) is 0 Å². The lowest BCUT2D eigenvalue weighted by Crippen LogP contribution is -2.46. The molecule has 10 heteroatoms. The highest BCUT2D eigenvalue weighted by atomic mass is 19.1. The van der Waals surface area contributed by atoms with Crippen molar-refractivity contribution in [3.05, 3.63) is 53.8 Å². The number of rotatable bonds is 7. The molecule has 4 rings (SSSR count). The lowest BCUT2D eigenvalue weighted by molar-refractivity contribution is 0.0393. The van der Waals surface area contributed by atoms with E-state index < -0.39 is 0 Å². The molecule has 196 valence electrons. The summed E-state index contributed by atoms with van der Waals surface area (Å²) in [4.78, 5) is 15.0. The fraction of sp³-hybridized carbons (Fsp3) is 0.462. The van der Waals surface area contributed by atoms with Crippen LogP contribution in [0.15, 0.2) is 52.4 Å². The molecule has 0 aliphatic carbocycles. The number of hydrogen-bond donors (Lipinski definition) is 1. The molecule has 2 aliphatic heterocycles. The van der Waals surface area contributed by atoms with Crippen molar-refractivity contribution in [1.29, 1.82) is 0 Å². The summed E-state index contributed by atoms with van der Waals surface area (Å²) in [6.45, 7) is 7.65. The minimum atomic E-state index is -0.142. The number of para-hydroxylation sites is 1. The zero-order chi connectivity index (χ0) is 25.8. The first-order valence-electron chi connectivity index (χ1n) is 12.0. The maximum absolute atomic E-state index is 13.8. The normalized spacial score (nSPS) is 17.1. The fourth-order valence-corrected chi connectivity index (χ4v) is 3.92. The van der Waals surface area contributed by atoms with Crippen LogP contribution in [0, 0.1) is 5.82 Å². The monoisotopic (exact) mass is 500 g/mol. The van der Waals surface area contributed by atoms with Crippen molar-refractivity contribution >= 4 is 17.9 Å². The van der Waals surface area contributed by atoms with Gasteiger partial charge in [0.05, 0.1) is 46.1 Å². The molecule has 0 radical (unpaired) electrons. The Balaban J connectivity index is 0.000000223. The second-order valence-electron chi connectivity index (χ2n) is 8.32. The maximum atomic E-state index is 13.8. The van der Waals surface area contributed by atoms with Crippen LogP contribution in [0.5, 0.6) is 11.5 Å². The van der Waals surface area contributed by atoms with E-state index >= 15 is 0 Å². The third-order valence-electron chi connectivity index (χ3n) is 6.06. The molecule has 2 heterocycles. The minimum absolute atomic E-state index is 0.142. The molecule has 2 fully saturated rings. The quantitative estimate of drug-likeness (QED) is 0.461. The summed E-state index contributed by atoms with van der Waals surface area (Å²) < 4.78 is 29.3. The highest BCUT2D eigenvalue weighted by molar-refractivity contribution is 5.97. The van der Waals surface area contributed by atoms with Crippen LogP contribution in [0.1, 0.15) is 5.56 Å². The van der Waals surface area contributed by atoms with Gasteiger partial charge in [0.25, 0.3) is 0 Å². The molecule has 0 unspecified atom stereocenters. The third kappa shape index (κ3) is 7.82. The number of ether oxygens (including phenoxy) is 3.